The van der Waals surface area contributed by atoms with Crippen molar-refractivity contribution in [1.82, 2.24) is 0 Å². The first-order valence-corrected chi connectivity index (χ1v) is 9.35. The fraction of sp³-hybridized carbons (Fsp3) is 0.316. The third kappa shape index (κ3) is 8.76. The van der Waals surface area contributed by atoms with Gasteiger partial charge in [0.15, 0.2) is 18.3 Å². The van der Waals surface area contributed by atoms with Gasteiger partial charge in [-0.25, -0.2) is 8.78 Å². The van der Waals surface area contributed by atoms with Crippen LogP contribution in [0.25, 0.3) is 0 Å². The van der Waals surface area contributed by atoms with E-state index in [0.29, 0.717) is 0 Å². The number of halogens is 10. The van der Waals surface area contributed by atoms with Gasteiger partial charge in [0.05, 0.1) is 5.56 Å². The molecule has 0 unspecified atom stereocenters. The number of nitrogens with one attached hydrogen (secondary N) is 2. The zero-order valence-electron chi connectivity index (χ0n) is 16.5. The third-order valence-electron chi connectivity index (χ3n) is 3.74. The second-order valence-electron chi connectivity index (χ2n) is 6.61. The number of ether oxygens (including phenoxy) is 2. The van der Waals surface area contributed by atoms with Crippen molar-refractivity contribution in [2.75, 3.05) is 23.8 Å². The molecule has 0 amide bonds. The summed E-state index contributed by atoms with van der Waals surface area (Å²) < 4.78 is 136. The SMILES string of the molecule is FC(F)C(F)(F)COc1cc(NC(=S)Nc2cccc(C(F)(F)F)c2)cc(OCC(F)(F)F)c1. The summed E-state index contributed by atoms with van der Waals surface area (Å²) in [7, 11) is 0. The van der Waals surface area contributed by atoms with Crippen LogP contribution in [0.2, 0.25) is 0 Å². The highest BCUT2D eigenvalue weighted by Gasteiger charge is 2.41. The summed E-state index contributed by atoms with van der Waals surface area (Å²) in [5, 5.41) is 4.48. The molecule has 0 saturated carbocycles. The van der Waals surface area contributed by atoms with Crippen molar-refractivity contribution in [3.63, 3.8) is 0 Å². The van der Waals surface area contributed by atoms with Crippen LogP contribution in [-0.2, 0) is 6.18 Å². The number of alkyl halides is 10. The molecule has 2 aromatic rings. The lowest BCUT2D eigenvalue weighted by Gasteiger charge is -2.18. The minimum absolute atomic E-state index is 0.0927. The summed E-state index contributed by atoms with van der Waals surface area (Å²) in [5.41, 5.74) is -1.28. The van der Waals surface area contributed by atoms with E-state index in [1.54, 1.807) is 0 Å². The molecule has 2 N–H and O–H groups in total. The van der Waals surface area contributed by atoms with E-state index < -0.39 is 55.0 Å². The van der Waals surface area contributed by atoms with Gasteiger partial charge in [0.2, 0.25) is 0 Å². The van der Waals surface area contributed by atoms with Crippen LogP contribution in [-0.4, -0.2) is 36.9 Å². The van der Waals surface area contributed by atoms with Crippen molar-refractivity contribution in [3.8, 4) is 11.5 Å². The van der Waals surface area contributed by atoms with Gasteiger partial charge < -0.3 is 20.1 Å². The Morgan fingerprint density at radius 2 is 1.35 bits per heavy atom. The molecule has 0 aliphatic carbocycles. The summed E-state index contributed by atoms with van der Waals surface area (Å²) in [6.07, 6.45) is -13.4. The molecule has 0 radical (unpaired) electrons. The number of rotatable bonds is 8. The average molecular weight is 524 g/mol. The molecule has 0 aliphatic rings. The van der Waals surface area contributed by atoms with E-state index in [0.717, 1.165) is 36.4 Å². The number of benzene rings is 2. The van der Waals surface area contributed by atoms with Crippen LogP contribution in [0.15, 0.2) is 42.5 Å². The quantitative estimate of drug-likeness (QED) is 0.296. The Morgan fingerprint density at radius 1 is 0.794 bits per heavy atom. The molecule has 0 spiro atoms. The molecule has 2 rings (SSSR count). The molecule has 0 aliphatic heterocycles. The lowest BCUT2D eigenvalue weighted by atomic mass is 10.2. The summed E-state index contributed by atoms with van der Waals surface area (Å²) in [6, 6.07) is 6.51. The van der Waals surface area contributed by atoms with Crippen molar-refractivity contribution < 1.29 is 53.4 Å². The van der Waals surface area contributed by atoms with Crippen LogP contribution < -0.4 is 20.1 Å². The summed E-state index contributed by atoms with van der Waals surface area (Å²) in [4.78, 5) is 0. The first-order chi connectivity index (χ1) is 15.5. The zero-order valence-corrected chi connectivity index (χ0v) is 17.4. The molecule has 0 aromatic heterocycles. The van der Waals surface area contributed by atoms with Gasteiger partial charge in [-0.05, 0) is 30.4 Å². The van der Waals surface area contributed by atoms with Crippen LogP contribution in [0, 0.1) is 0 Å². The highest BCUT2D eigenvalue weighted by molar-refractivity contribution is 7.80. The summed E-state index contributed by atoms with van der Waals surface area (Å²) in [6.45, 7) is -3.56. The standard InChI is InChI=1S/C19H14F10N2O2S/c20-15(21)17(22,23)8-32-13-5-12(6-14(7-13)33-9-18(24,25)26)31-16(34)30-11-3-1-2-10(4-11)19(27,28)29/h1-7,15H,8-9H2,(H2,30,31,34). The van der Waals surface area contributed by atoms with Crippen molar-refractivity contribution in [2.24, 2.45) is 0 Å². The van der Waals surface area contributed by atoms with Gasteiger partial charge in [-0.15, -0.1) is 0 Å². The Morgan fingerprint density at radius 3 is 1.88 bits per heavy atom. The second kappa shape index (κ2) is 10.5. The van der Waals surface area contributed by atoms with Crippen LogP contribution in [0.3, 0.4) is 0 Å². The molecule has 0 bridgehead atoms. The minimum Gasteiger partial charge on any atom is -0.487 e. The maximum absolute atomic E-state index is 13.1. The molecule has 0 atom stereocenters. The molecule has 0 heterocycles. The van der Waals surface area contributed by atoms with Gasteiger partial charge in [0.25, 0.3) is 0 Å². The lowest BCUT2D eigenvalue weighted by molar-refractivity contribution is -0.153. The van der Waals surface area contributed by atoms with Crippen molar-refractivity contribution in [2.45, 2.75) is 24.7 Å². The first kappa shape index (κ1) is 27.3. The maximum atomic E-state index is 13.1. The molecule has 34 heavy (non-hydrogen) atoms. The van der Waals surface area contributed by atoms with Crippen LogP contribution in [0.5, 0.6) is 11.5 Å². The number of hydrogen-bond donors (Lipinski definition) is 2. The normalized spacial score (nSPS) is 12.4. The topological polar surface area (TPSA) is 42.5 Å². The predicted molar refractivity (Wildman–Crippen MR) is 106 cm³/mol. The van der Waals surface area contributed by atoms with Crippen molar-refractivity contribution >= 4 is 28.7 Å². The average Bonchev–Trinajstić information content (AvgIpc) is 2.69. The molecule has 15 heteroatoms. The predicted octanol–water partition coefficient (Wildman–Crippen LogP) is 6.73. The highest BCUT2D eigenvalue weighted by atomic mass is 32.1. The molecule has 188 valence electrons. The first-order valence-electron chi connectivity index (χ1n) is 8.94. The summed E-state index contributed by atoms with van der Waals surface area (Å²) >= 11 is 4.94. The Labute approximate surface area is 190 Å². The highest BCUT2D eigenvalue weighted by Crippen LogP contribution is 2.32. The van der Waals surface area contributed by atoms with E-state index in [2.05, 4.69) is 20.1 Å². The van der Waals surface area contributed by atoms with Gasteiger partial charge in [0.1, 0.15) is 11.5 Å². The van der Waals surface area contributed by atoms with Crippen LogP contribution in [0.1, 0.15) is 5.56 Å². The van der Waals surface area contributed by atoms with E-state index in [4.69, 9.17) is 12.2 Å². The molecule has 0 saturated heterocycles. The van der Waals surface area contributed by atoms with Gasteiger partial charge in [-0.3, -0.25) is 0 Å². The largest absolute Gasteiger partial charge is 0.487 e. The number of hydrogen-bond acceptors (Lipinski definition) is 3. The van der Waals surface area contributed by atoms with E-state index in [-0.39, 0.29) is 16.5 Å². The second-order valence-corrected chi connectivity index (χ2v) is 7.01. The van der Waals surface area contributed by atoms with Gasteiger partial charge in [-0.1, -0.05) is 6.07 Å². The Kier molecular flexibility index (Phi) is 8.45. The molecular weight excluding hydrogens is 510 g/mol. The zero-order chi connectivity index (χ0) is 25.7. The van der Waals surface area contributed by atoms with Crippen molar-refractivity contribution in [3.05, 3.63) is 48.0 Å². The fourth-order valence-electron chi connectivity index (χ4n) is 2.29. The Balaban J connectivity index is 2.20. The van der Waals surface area contributed by atoms with Gasteiger partial charge in [-0.2, -0.15) is 35.1 Å². The fourth-order valence-corrected chi connectivity index (χ4v) is 2.52. The molecule has 4 nitrogen and oxygen atoms in total. The minimum atomic E-state index is -4.76. The van der Waals surface area contributed by atoms with E-state index in [9.17, 15) is 43.9 Å². The third-order valence-corrected chi connectivity index (χ3v) is 3.94. The monoisotopic (exact) mass is 524 g/mol. The Hall–Kier alpha value is -2.97. The van der Waals surface area contributed by atoms with Crippen LogP contribution in [0.4, 0.5) is 55.3 Å². The Bertz CT molecular complexity index is 996. The van der Waals surface area contributed by atoms with E-state index in [1.807, 2.05) is 0 Å². The van der Waals surface area contributed by atoms with Crippen LogP contribution >= 0.6 is 12.2 Å². The molecule has 2 aromatic carbocycles. The lowest BCUT2D eigenvalue weighted by Crippen LogP contribution is -2.33. The van der Waals surface area contributed by atoms with E-state index in [1.165, 1.54) is 6.07 Å². The molecular formula is C19H14F10N2O2S. The molecule has 0 fully saturated rings. The maximum Gasteiger partial charge on any atom is 0.422 e. The van der Waals surface area contributed by atoms with E-state index >= 15 is 0 Å². The number of anilines is 2. The smallest absolute Gasteiger partial charge is 0.422 e. The van der Waals surface area contributed by atoms with Crippen molar-refractivity contribution in [1.29, 1.82) is 0 Å². The number of thiocarbonyl (C=S) groups is 1. The summed E-state index contributed by atoms with van der Waals surface area (Å²) in [5.74, 6) is -5.65. The van der Waals surface area contributed by atoms with Gasteiger partial charge in [0, 0.05) is 29.6 Å². The van der Waals surface area contributed by atoms with Gasteiger partial charge >= 0.3 is 24.7 Å².